The lowest BCUT2D eigenvalue weighted by molar-refractivity contribution is 0.0688. The molecule has 94 valence electrons. The molecule has 1 fully saturated rings. The van der Waals surface area contributed by atoms with E-state index in [-0.39, 0.29) is 5.91 Å². The van der Waals surface area contributed by atoms with Gasteiger partial charge in [0.05, 0.1) is 6.04 Å². The molecule has 0 aliphatic carbocycles. The lowest BCUT2D eigenvalue weighted by atomic mass is 10.0. The Balaban J connectivity index is 1.93. The number of aryl methyl sites for hydroxylation is 2. The summed E-state index contributed by atoms with van der Waals surface area (Å²) in [4.78, 5) is 14.7. The molecule has 1 aromatic carbocycles. The Hall–Kier alpha value is -1.57. The van der Waals surface area contributed by atoms with Crippen LogP contribution in [0.25, 0.3) is 0 Å². The van der Waals surface area contributed by atoms with Crippen molar-refractivity contribution < 1.29 is 4.79 Å². The first-order chi connectivity index (χ1) is 8.65. The SMILES string of the molecule is Cc1cc(C)cc(C(=O)N2C3C=CCC2CC3)c1. The Labute approximate surface area is 108 Å². The molecule has 2 aliphatic rings. The lowest BCUT2D eigenvalue weighted by Crippen LogP contribution is -2.42. The molecule has 18 heavy (non-hydrogen) atoms. The zero-order valence-electron chi connectivity index (χ0n) is 11.0. The number of amides is 1. The first-order valence-corrected chi connectivity index (χ1v) is 6.73. The van der Waals surface area contributed by atoms with E-state index in [4.69, 9.17) is 0 Å². The van der Waals surface area contributed by atoms with Crippen LogP contribution in [0.3, 0.4) is 0 Å². The third-order valence-corrected chi connectivity index (χ3v) is 4.02. The number of hydrogen-bond donors (Lipinski definition) is 0. The van der Waals surface area contributed by atoms with E-state index < -0.39 is 0 Å². The topological polar surface area (TPSA) is 20.3 Å². The summed E-state index contributed by atoms with van der Waals surface area (Å²) in [6.07, 6.45) is 7.72. The van der Waals surface area contributed by atoms with Gasteiger partial charge in [-0.1, -0.05) is 29.3 Å². The standard InChI is InChI=1S/C16H19NO/c1-11-8-12(2)10-13(9-11)16(18)17-14-4-3-5-15(17)7-6-14/h3-4,8-10,14-15H,5-7H2,1-2H3. The van der Waals surface area contributed by atoms with Crippen molar-refractivity contribution in [2.45, 2.75) is 45.2 Å². The number of carbonyl (C=O) groups is 1. The Morgan fingerprint density at radius 2 is 1.89 bits per heavy atom. The van der Waals surface area contributed by atoms with Gasteiger partial charge in [-0.15, -0.1) is 0 Å². The average Bonchev–Trinajstić information content (AvgIpc) is 2.56. The van der Waals surface area contributed by atoms with Crippen molar-refractivity contribution in [3.63, 3.8) is 0 Å². The molecule has 2 atom stereocenters. The molecule has 1 saturated heterocycles. The van der Waals surface area contributed by atoms with Crippen LogP contribution in [0.4, 0.5) is 0 Å². The van der Waals surface area contributed by atoms with Gasteiger partial charge in [-0.05, 0) is 45.2 Å². The first-order valence-electron chi connectivity index (χ1n) is 6.73. The average molecular weight is 241 g/mol. The highest BCUT2D eigenvalue weighted by Gasteiger charge is 2.37. The molecular formula is C16H19NO. The molecule has 0 N–H and O–H groups in total. The summed E-state index contributed by atoms with van der Waals surface area (Å²) in [7, 11) is 0. The molecule has 2 nitrogen and oxygen atoms in total. The van der Waals surface area contributed by atoms with Gasteiger partial charge in [-0.25, -0.2) is 0 Å². The number of nitrogens with zero attached hydrogens (tertiary/aromatic N) is 1. The van der Waals surface area contributed by atoms with Crippen molar-refractivity contribution in [1.29, 1.82) is 0 Å². The highest BCUT2D eigenvalue weighted by Crippen LogP contribution is 2.32. The molecular weight excluding hydrogens is 222 g/mol. The maximum absolute atomic E-state index is 12.7. The predicted octanol–water partition coefficient (Wildman–Crippen LogP) is 3.24. The Morgan fingerprint density at radius 3 is 2.56 bits per heavy atom. The molecule has 1 amide bonds. The second kappa shape index (κ2) is 4.27. The number of hydrogen-bond acceptors (Lipinski definition) is 1. The normalized spacial score (nSPS) is 25.6. The van der Waals surface area contributed by atoms with Crippen LogP contribution < -0.4 is 0 Å². The molecule has 2 bridgehead atoms. The van der Waals surface area contributed by atoms with E-state index >= 15 is 0 Å². The highest BCUT2D eigenvalue weighted by atomic mass is 16.2. The van der Waals surface area contributed by atoms with Crippen molar-refractivity contribution >= 4 is 5.91 Å². The van der Waals surface area contributed by atoms with Crippen molar-refractivity contribution in [1.82, 2.24) is 4.90 Å². The van der Waals surface area contributed by atoms with Crippen molar-refractivity contribution in [3.05, 3.63) is 47.0 Å². The smallest absolute Gasteiger partial charge is 0.254 e. The summed E-state index contributed by atoms with van der Waals surface area (Å²) in [5.41, 5.74) is 3.18. The quantitative estimate of drug-likeness (QED) is 0.691. The minimum atomic E-state index is 0.207. The third kappa shape index (κ3) is 1.86. The molecule has 2 heterocycles. The van der Waals surface area contributed by atoms with E-state index in [0.29, 0.717) is 12.1 Å². The van der Waals surface area contributed by atoms with Crippen LogP contribution in [-0.4, -0.2) is 22.9 Å². The number of fused-ring (bicyclic) bond motifs is 2. The third-order valence-electron chi connectivity index (χ3n) is 4.02. The van der Waals surface area contributed by atoms with Gasteiger partial charge < -0.3 is 4.90 Å². The fourth-order valence-electron chi connectivity index (χ4n) is 3.29. The van der Waals surface area contributed by atoms with Crippen LogP contribution in [0.2, 0.25) is 0 Å². The van der Waals surface area contributed by atoms with E-state index in [1.165, 1.54) is 11.1 Å². The van der Waals surface area contributed by atoms with Crippen LogP contribution in [0, 0.1) is 13.8 Å². The maximum Gasteiger partial charge on any atom is 0.254 e. The van der Waals surface area contributed by atoms with Crippen molar-refractivity contribution in [2.75, 3.05) is 0 Å². The van der Waals surface area contributed by atoms with Crippen LogP contribution in [0.1, 0.15) is 40.7 Å². The summed E-state index contributed by atoms with van der Waals surface area (Å²) in [6.45, 7) is 4.10. The van der Waals surface area contributed by atoms with Crippen molar-refractivity contribution in [2.24, 2.45) is 0 Å². The molecule has 3 rings (SSSR count). The van der Waals surface area contributed by atoms with Gasteiger partial charge in [-0.3, -0.25) is 4.79 Å². The van der Waals surface area contributed by atoms with Crippen molar-refractivity contribution in [3.8, 4) is 0 Å². The van der Waals surface area contributed by atoms with E-state index in [9.17, 15) is 4.79 Å². The van der Waals surface area contributed by atoms with Crippen LogP contribution >= 0.6 is 0 Å². The monoisotopic (exact) mass is 241 g/mol. The summed E-state index contributed by atoms with van der Waals surface area (Å²) in [5, 5.41) is 0. The fourth-order valence-corrected chi connectivity index (χ4v) is 3.29. The minimum Gasteiger partial charge on any atom is -0.329 e. The second-order valence-corrected chi connectivity index (χ2v) is 5.55. The zero-order valence-corrected chi connectivity index (χ0v) is 11.0. The van der Waals surface area contributed by atoms with Gasteiger partial charge in [-0.2, -0.15) is 0 Å². The molecule has 0 spiro atoms. The molecule has 0 saturated carbocycles. The van der Waals surface area contributed by atoms with Gasteiger partial charge in [0.2, 0.25) is 0 Å². The summed E-state index contributed by atoms with van der Waals surface area (Å²) < 4.78 is 0. The predicted molar refractivity (Wildman–Crippen MR) is 72.7 cm³/mol. The molecule has 1 aromatic rings. The fraction of sp³-hybridized carbons (Fsp3) is 0.438. The van der Waals surface area contributed by atoms with E-state index in [0.717, 1.165) is 24.8 Å². The second-order valence-electron chi connectivity index (χ2n) is 5.55. The van der Waals surface area contributed by atoms with E-state index in [2.05, 4.69) is 37.0 Å². The van der Waals surface area contributed by atoms with Crippen LogP contribution in [0.5, 0.6) is 0 Å². The van der Waals surface area contributed by atoms with E-state index in [1.807, 2.05) is 12.1 Å². The maximum atomic E-state index is 12.7. The van der Waals surface area contributed by atoms with Gasteiger partial charge in [0.25, 0.3) is 5.91 Å². The Morgan fingerprint density at radius 1 is 1.17 bits per heavy atom. The first kappa shape index (κ1) is 11.5. The van der Waals surface area contributed by atoms with Crippen LogP contribution in [0.15, 0.2) is 30.4 Å². The van der Waals surface area contributed by atoms with Gasteiger partial charge in [0.15, 0.2) is 0 Å². The van der Waals surface area contributed by atoms with Gasteiger partial charge in [0.1, 0.15) is 0 Å². The summed E-state index contributed by atoms with van der Waals surface area (Å²) in [5.74, 6) is 0.207. The Kier molecular flexibility index (Phi) is 2.73. The van der Waals surface area contributed by atoms with Gasteiger partial charge >= 0.3 is 0 Å². The van der Waals surface area contributed by atoms with Crippen LogP contribution in [-0.2, 0) is 0 Å². The zero-order chi connectivity index (χ0) is 12.7. The largest absolute Gasteiger partial charge is 0.329 e. The summed E-state index contributed by atoms with van der Waals surface area (Å²) >= 11 is 0. The number of rotatable bonds is 1. The Bertz CT molecular complexity index is 498. The summed E-state index contributed by atoms with van der Waals surface area (Å²) in [6, 6.07) is 6.88. The number of benzene rings is 1. The molecule has 0 aromatic heterocycles. The minimum absolute atomic E-state index is 0.207. The lowest BCUT2D eigenvalue weighted by Gasteiger charge is -2.31. The highest BCUT2D eigenvalue weighted by molar-refractivity contribution is 5.95. The molecule has 2 heteroatoms. The molecule has 2 aliphatic heterocycles. The molecule has 2 unspecified atom stereocenters. The molecule has 0 radical (unpaired) electrons. The van der Waals surface area contributed by atoms with Gasteiger partial charge in [0, 0.05) is 11.6 Å². The number of carbonyl (C=O) groups excluding carboxylic acids is 1. The van der Waals surface area contributed by atoms with E-state index in [1.54, 1.807) is 0 Å².